The molecule has 4 aliphatic carbocycles. The quantitative estimate of drug-likeness (QED) is 0.572. The van der Waals surface area contributed by atoms with E-state index in [0.717, 1.165) is 55.6 Å². The lowest BCUT2D eigenvalue weighted by atomic mass is 9.49. The summed E-state index contributed by atoms with van der Waals surface area (Å²) in [6.07, 6.45) is 8.00. The van der Waals surface area contributed by atoms with Gasteiger partial charge in [-0.3, -0.25) is 4.79 Å². The number of ether oxygens (including phenoxy) is 2. The summed E-state index contributed by atoms with van der Waals surface area (Å²) in [7, 11) is 0. The second-order valence-corrected chi connectivity index (χ2v) is 11.5. The molecule has 158 valence electrons. The van der Waals surface area contributed by atoms with E-state index in [1.54, 1.807) is 0 Å². The molecule has 6 rings (SSSR count). The number of hydrogen-bond donors (Lipinski definition) is 0. The van der Waals surface area contributed by atoms with Gasteiger partial charge in [0.25, 0.3) is 0 Å². The van der Waals surface area contributed by atoms with Gasteiger partial charge in [0.2, 0.25) is 5.91 Å². The van der Waals surface area contributed by atoms with Crippen LogP contribution in [-0.2, 0) is 17.8 Å². The van der Waals surface area contributed by atoms with E-state index in [1.807, 2.05) is 13.8 Å². The Hall–Kier alpha value is -1.23. The SMILES string of the molecule is CCOc1cc2c(cc1OCC)CN(C(=O)C13CC4CC(CC(Br)(C4)C1)C3)CC2. The van der Waals surface area contributed by atoms with E-state index in [1.165, 1.54) is 30.4 Å². The third-order valence-corrected chi connectivity index (χ3v) is 8.54. The van der Waals surface area contributed by atoms with Gasteiger partial charge in [-0.25, -0.2) is 0 Å². The van der Waals surface area contributed by atoms with Crippen molar-refractivity contribution in [2.45, 2.75) is 69.7 Å². The maximum atomic E-state index is 13.8. The van der Waals surface area contributed by atoms with Gasteiger partial charge in [-0.05, 0) is 93.9 Å². The van der Waals surface area contributed by atoms with Gasteiger partial charge in [-0.15, -0.1) is 0 Å². The zero-order valence-electron chi connectivity index (χ0n) is 17.6. The molecule has 1 amide bonds. The molecule has 0 N–H and O–H groups in total. The smallest absolute Gasteiger partial charge is 0.229 e. The third kappa shape index (κ3) is 3.37. The van der Waals surface area contributed by atoms with Crippen LogP contribution in [0.25, 0.3) is 0 Å². The van der Waals surface area contributed by atoms with Crippen molar-refractivity contribution in [1.29, 1.82) is 0 Å². The molecule has 5 heteroatoms. The van der Waals surface area contributed by atoms with Crippen molar-refractivity contribution in [3.05, 3.63) is 23.3 Å². The molecule has 0 aromatic heterocycles. The summed E-state index contributed by atoms with van der Waals surface area (Å²) in [6.45, 7) is 6.75. The standard InChI is InChI=1S/C24H32BrNO3/c1-3-28-20-8-18-5-6-26(14-19(18)9-21(20)29-4-2)22(27)23-10-16-7-17(11-23)13-24(25,12-16)15-23/h8-9,16-17H,3-7,10-15H2,1-2H3. The predicted octanol–water partition coefficient (Wildman–Crippen LogP) is 5.10. The minimum absolute atomic E-state index is 0.126. The van der Waals surface area contributed by atoms with E-state index in [4.69, 9.17) is 9.47 Å². The molecule has 4 saturated carbocycles. The van der Waals surface area contributed by atoms with Crippen molar-refractivity contribution in [1.82, 2.24) is 4.90 Å². The summed E-state index contributed by atoms with van der Waals surface area (Å²) < 4.78 is 11.8. The van der Waals surface area contributed by atoms with Crippen LogP contribution in [0.1, 0.15) is 63.5 Å². The van der Waals surface area contributed by atoms with Gasteiger partial charge >= 0.3 is 0 Å². The van der Waals surface area contributed by atoms with Crippen LogP contribution < -0.4 is 9.47 Å². The van der Waals surface area contributed by atoms with E-state index in [2.05, 4.69) is 33.0 Å². The summed E-state index contributed by atoms with van der Waals surface area (Å²) in [4.78, 5) is 16.0. The van der Waals surface area contributed by atoms with Gasteiger partial charge in [-0.1, -0.05) is 15.9 Å². The Bertz CT molecular complexity index is 809. The van der Waals surface area contributed by atoms with E-state index in [-0.39, 0.29) is 9.74 Å². The van der Waals surface area contributed by atoms with Gasteiger partial charge in [0.15, 0.2) is 11.5 Å². The van der Waals surface area contributed by atoms with Gasteiger partial charge in [0.1, 0.15) is 0 Å². The molecule has 1 aliphatic heterocycles. The first-order valence-electron chi connectivity index (χ1n) is 11.3. The van der Waals surface area contributed by atoms with Crippen molar-refractivity contribution >= 4 is 21.8 Å². The fourth-order valence-corrected chi connectivity index (χ4v) is 8.46. The molecular formula is C24H32BrNO3. The van der Waals surface area contributed by atoms with Crippen molar-refractivity contribution in [3.8, 4) is 11.5 Å². The fraction of sp³-hybridized carbons (Fsp3) is 0.708. The van der Waals surface area contributed by atoms with Gasteiger partial charge in [-0.2, -0.15) is 0 Å². The number of nitrogens with zero attached hydrogens (tertiary/aromatic N) is 1. The zero-order valence-corrected chi connectivity index (χ0v) is 19.2. The molecule has 4 fully saturated rings. The Kier molecular flexibility index (Phi) is 4.88. The van der Waals surface area contributed by atoms with Crippen LogP contribution in [0, 0.1) is 17.3 Å². The van der Waals surface area contributed by atoms with E-state index in [9.17, 15) is 4.79 Å². The molecule has 2 atom stereocenters. The maximum absolute atomic E-state index is 13.8. The Labute approximate surface area is 182 Å². The summed E-state index contributed by atoms with van der Waals surface area (Å²) in [5, 5.41) is 0. The Morgan fingerprint density at radius 3 is 2.28 bits per heavy atom. The number of rotatable bonds is 5. The zero-order chi connectivity index (χ0) is 20.2. The summed E-state index contributed by atoms with van der Waals surface area (Å²) >= 11 is 4.06. The molecule has 4 bridgehead atoms. The Morgan fingerprint density at radius 2 is 1.69 bits per heavy atom. The number of halogens is 1. The second-order valence-electron chi connectivity index (χ2n) is 9.80. The number of carbonyl (C=O) groups is 1. The molecule has 4 nitrogen and oxygen atoms in total. The lowest BCUT2D eigenvalue weighted by Crippen LogP contribution is -2.59. The Balaban J connectivity index is 1.39. The van der Waals surface area contributed by atoms with Gasteiger partial charge < -0.3 is 14.4 Å². The number of hydrogen-bond acceptors (Lipinski definition) is 3. The molecule has 0 radical (unpaired) electrons. The first-order valence-corrected chi connectivity index (χ1v) is 12.1. The number of fused-ring (bicyclic) bond motifs is 1. The summed E-state index contributed by atoms with van der Waals surface area (Å²) in [5.74, 6) is 3.50. The van der Waals surface area contributed by atoms with Crippen LogP contribution in [0.2, 0.25) is 0 Å². The maximum Gasteiger partial charge on any atom is 0.229 e. The number of carbonyl (C=O) groups excluding carboxylic acids is 1. The molecule has 5 aliphatic rings. The number of amides is 1. The highest BCUT2D eigenvalue weighted by Gasteiger charge is 2.60. The fourth-order valence-electron chi connectivity index (χ4n) is 7.01. The molecular weight excluding hydrogens is 430 g/mol. The van der Waals surface area contributed by atoms with Gasteiger partial charge in [0, 0.05) is 17.4 Å². The normalized spacial score (nSPS) is 34.8. The highest BCUT2D eigenvalue weighted by atomic mass is 79.9. The highest BCUT2D eigenvalue weighted by molar-refractivity contribution is 9.10. The minimum Gasteiger partial charge on any atom is -0.490 e. The number of benzene rings is 1. The topological polar surface area (TPSA) is 38.8 Å². The second kappa shape index (κ2) is 7.18. The monoisotopic (exact) mass is 461 g/mol. The van der Waals surface area contributed by atoms with Crippen molar-refractivity contribution in [3.63, 3.8) is 0 Å². The van der Waals surface area contributed by atoms with E-state index in [0.29, 0.717) is 25.7 Å². The minimum atomic E-state index is -0.126. The first-order chi connectivity index (χ1) is 13.9. The molecule has 29 heavy (non-hydrogen) atoms. The molecule has 1 aromatic rings. The molecule has 2 unspecified atom stereocenters. The van der Waals surface area contributed by atoms with Crippen LogP contribution in [0.4, 0.5) is 0 Å². The first kappa shape index (κ1) is 19.7. The number of alkyl halides is 1. The summed E-state index contributed by atoms with van der Waals surface area (Å²) in [6, 6.07) is 4.23. The molecule has 0 spiro atoms. The van der Waals surface area contributed by atoms with E-state index >= 15 is 0 Å². The Morgan fingerprint density at radius 1 is 1.07 bits per heavy atom. The van der Waals surface area contributed by atoms with Crippen LogP contribution >= 0.6 is 15.9 Å². The van der Waals surface area contributed by atoms with Crippen molar-refractivity contribution < 1.29 is 14.3 Å². The van der Waals surface area contributed by atoms with Crippen LogP contribution in [0.5, 0.6) is 11.5 Å². The van der Waals surface area contributed by atoms with Crippen LogP contribution in [-0.4, -0.2) is 34.9 Å². The average molecular weight is 462 g/mol. The molecule has 1 aromatic carbocycles. The lowest BCUT2D eigenvalue weighted by Gasteiger charge is -2.60. The van der Waals surface area contributed by atoms with Crippen molar-refractivity contribution in [2.75, 3.05) is 19.8 Å². The molecule has 0 saturated heterocycles. The largest absolute Gasteiger partial charge is 0.490 e. The van der Waals surface area contributed by atoms with Gasteiger partial charge in [0.05, 0.1) is 18.6 Å². The summed E-state index contributed by atoms with van der Waals surface area (Å²) in [5.41, 5.74) is 2.39. The predicted molar refractivity (Wildman–Crippen MR) is 117 cm³/mol. The van der Waals surface area contributed by atoms with Crippen LogP contribution in [0.15, 0.2) is 12.1 Å². The average Bonchev–Trinajstić information content (AvgIpc) is 2.66. The highest BCUT2D eigenvalue weighted by Crippen LogP contribution is 2.65. The third-order valence-electron chi connectivity index (χ3n) is 7.61. The molecule has 1 heterocycles. The van der Waals surface area contributed by atoms with Crippen molar-refractivity contribution in [2.24, 2.45) is 17.3 Å². The van der Waals surface area contributed by atoms with Crippen LogP contribution in [0.3, 0.4) is 0 Å². The van der Waals surface area contributed by atoms with E-state index < -0.39 is 0 Å². The lowest BCUT2D eigenvalue weighted by molar-refractivity contribution is -0.156.